The molecule has 0 saturated carbocycles. The van der Waals surface area contributed by atoms with Crippen molar-refractivity contribution in [3.05, 3.63) is 58.0 Å². The normalized spacial score (nSPS) is 15.0. The molecule has 0 bridgehead atoms. The second-order valence-electron chi connectivity index (χ2n) is 5.09. The van der Waals surface area contributed by atoms with Crippen molar-refractivity contribution in [1.82, 2.24) is 0 Å². The lowest BCUT2D eigenvalue weighted by Crippen LogP contribution is -2.29. The third-order valence-corrected chi connectivity index (χ3v) is 4.68. The van der Waals surface area contributed by atoms with Gasteiger partial charge in [-0.3, -0.25) is 4.79 Å². The average molecular weight is 301 g/mol. The molecule has 0 saturated heterocycles. The quantitative estimate of drug-likeness (QED) is 0.784. The van der Waals surface area contributed by atoms with Crippen molar-refractivity contribution in [3.8, 4) is 0 Å². The maximum absolute atomic E-state index is 13.9. The van der Waals surface area contributed by atoms with E-state index in [1.54, 1.807) is 17.4 Å². The SMILES string of the molecule is CC(=O)c1c(F)cccc1N1CC=C(c2cccs2)CC1. The minimum atomic E-state index is -0.437. The number of hydrogen-bond donors (Lipinski definition) is 0. The maximum Gasteiger partial charge on any atom is 0.164 e. The Bertz CT molecular complexity index is 691. The van der Waals surface area contributed by atoms with Crippen molar-refractivity contribution < 1.29 is 9.18 Å². The molecular weight excluding hydrogens is 285 g/mol. The van der Waals surface area contributed by atoms with Crippen molar-refractivity contribution in [2.75, 3.05) is 18.0 Å². The van der Waals surface area contributed by atoms with Gasteiger partial charge in [-0.1, -0.05) is 18.2 Å². The molecule has 1 aliphatic rings. The topological polar surface area (TPSA) is 20.3 Å². The van der Waals surface area contributed by atoms with Gasteiger partial charge in [-0.25, -0.2) is 4.39 Å². The van der Waals surface area contributed by atoms with Crippen molar-refractivity contribution in [2.45, 2.75) is 13.3 Å². The molecule has 0 aliphatic carbocycles. The summed E-state index contributed by atoms with van der Waals surface area (Å²) in [6, 6.07) is 9.00. The zero-order valence-electron chi connectivity index (χ0n) is 11.8. The number of nitrogens with zero attached hydrogens (tertiary/aromatic N) is 1. The van der Waals surface area contributed by atoms with E-state index in [-0.39, 0.29) is 11.3 Å². The van der Waals surface area contributed by atoms with E-state index in [1.807, 2.05) is 12.1 Å². The van der Waals surface area contributed by atoms with E-state index in [0.717, 1.165) is 13.0 Å². The van der Waals surface area contributed by atoms with Crippen LogP contribution in [0.4, 0.5) is 10.1 Å². The molecule has 0 unspecified atom stereocenters. The van der Waals surface area contributed by atoms with Crippen LogP contribution < -0.4 is 4.90 Å². The van der Waals surface area contributed by atoms with Gasteiger partial charge < -0.3 is 4.90 Å². The lowest BCUT2D eigenvalue weighted by atomic mass is 10.0. The van der Waals surface area contributed by atoms with Gasteiger partial charge in [-0.15, -0.1) is 11.3 Å². The highest BCUT2D eigenvalue weighted by molar-refractivity contribution is 7.11. The smallest absolute Gasteiger partial charge is 0.164 e. The Morgan fingerprint density at radius 1 is 1.29 bits per heavy atom. The molecule has 2 nitrogen and oxygen atoms in total. The van der Waals surface area contributed by atoms with Crippen LogP contribution >= 0.6 is 11.3 Å². The summed E-state index contributed by atoms with van der Waals surface area (Å²) in [4.78, 5) is 15.1. The Kier molecular flexibility index (Phi) is 3.88. The molecule has 3 rings (SSSR count). The summed E-state index contributed by atoms with van der Waals surface area (Å²) in [6.07, 6.45) is 3.08. The third-order valence-electron chi connectivity index (χ3n) is 3.73. The van der Waals surface area contributed by atoms with E-state index < -0.39 is 5.82 Å². The minimum absolute atomic E-state index is 0.200. The highest BCUT2D eigenvalue weighted by Gasteiger charge is 2.20. The van der Waals surface area contributed by atoms with Crippen LogP contribution in [-0.2, 0) is 0 Å². The fraction of sp³-hybridized carbons (Fsp3) is 0.235. The molecule has 0 amide bonds. The van der Waals surface area contributed by atoms with Gasteiger partial charge in [0.1, 0.15) is 5.82 Å². The molecule has 0 atom stereocenters. The Balaban J connectivity index is 1.88. The monoisotopic (exact) mass is 301 g/mol. The number of hydrogen-bond acceptors (Lipinski definition) is 3. The van der Waals surface area contributed by atoms with Gasteiger partial charge >= 0.3 is 0 Å². The number of carbonyl (C=O) groups excluding carboxylic acids is 1. The molecule has 2 aromatic rings. The van der Waals surface area contributed by atoms with Crippen molar-refractivity contribution >= 4 is 28.4 Å². The standard InChI is InChI=1S/C17H16FNOS/c1-12(20)17-14(18)4-2-5-15(17)19-9-7-13(8-10-19)16-6-3-11-21-16/h2-7,11H,8-10H2,1H3. The molecule has 0 fully saturated rings. The summed E-state index contributed by atoms with van der Waals surface area (Å²) in [5.41, 5.74) is 2.23. The Morgan fingerprint density at radius 3 is 2.76 bits per heavy atom. The summed E-state index contributed by atoms with van der Waals surface area (Å²) >= 11 is 1.74. The Hall–Kier alpha value is -1.94. The van der Waals surface area contributed by atoms with Crippen molar-refractivity contribution in [1.29, 1.82) is 0 Å². The molecule has 1 aliphatic heterocycles. The number of carbonyl (C=O) groups is 1. The molecule has 4 heteroatoms. The largest absolute Gasteiger partial charge is 0.367 e. The summed E-state index contributed by atoms with van der Waals surface area (Å²) in [7, 11) is 0. The van der Waals surface area contributed by atoms with E-state index >= 15 is 0 Å². The highest BCUT2D eigenvalue weighted by atomic mass is 32.1. The lowest BCUT2D eigenvalue weighted by Gasteiger charge is -2.29. The summed E-state index contributed by atoms with van der Waals surface area (Å²) in [6.45, 7) is 2.92. The van der Waals surface area contributed by atoms with Gasteiger partial charge in [0.2, 0.25) is 0 Å². The summed E-state index contributed by atoms with van der Waals surface area (Å²) < 4.78 is 13.9. The molecule has 0 radical (unpaired) electrons. The van der Waals surface area contributed by atoms with Gasteiger partial charge in [-0.2, -0.15) is 0 Å². The van der Waals surface area contributed by atoms with Crippen molar-refractivity contribution in [3.63, 3.8) is 0 Å². The molecule has 0 N–H and O–H groups in total. The number of halogens is 1. The maximum atomic E-state index is 13.9. The number of thiophene rings is 1. The molecule has 1 aromatic heterocycles. The van der Waals surface area contributed by atoms with E-state index in [2.05, 4.69) is 22.4 Å². The van der Waals surface area contributed by atoms with Gasteiger partial charge in [-0.05, 0) is 42.5 Å². The van der Waals surface area contributed by atoms with Gasteiger partial charge in [0, 0.05) is 18.0 Å². The molecule has 21 heavy (non-hydrogen) atoms. The van der Waals surface area contributed by atoms with Crippen LogP contribution in [0.15, 0.2) is 41.8 Å². The van der Waals surface area contributed by atoms with Gasteiger partial charge in [0.15, 0.2) is 5.78 Å². The molecule has 1 aromatic carbocycles. The van der Waals surface area contributed by atoms with Crippen LogP contribution in [-0.4, -0.2) is 18.9 Å². The molecular formula is C17H16FNOS. The first-order valence-electron chi connectivity index (χ1n) is 6.94. The number of ketones is 1. The summed E-state index contributed by atoms with van der Waals surface area (Å²) in [5.74, 6) is -0.663. The second kappa shape index (κ2) is 5.82. The van der Waals surface area contributed by atoms with E-state index in [9.17, 15) is 9.18 Å². The predicted molar refractivity (Wildman–Crippen MR) is 85.5 cm³/mol. The highest BCUT2D eigenvalue weighted by Crippen LogP contribution is 2.30. The van der Waals surface area contributed by atoms with E-state index in [4.69, 9.17) is 0 Å². The molecule has 0 spiro atoms. The average Bonchev–Trinajstić information content (AvgIpc) is 3.01. The molecule has 108 valence electrons. The Labute approximate surface area is 127 Å². The van der Waals surface area contributed by atoms with Crippen LogP contribution in [0.2, 0.25) is 0 Å². The number of benzene rings is 1. The predicted octanol–water partition coefficient (Wildman–Crippen LogP) is 4.38. The zero-order chi connectivity index (χ0) is 14.8. The first-order valence-corrected chi connectivity index (χ1v) is 7.82. The van der Waals surface area contributed by atoms with Gasteiger partial charge in [0.05, 0.1) is 11.3 Å². The van der Waals surface area contributed by atoms with Crippen LogP contribution in [0.25, 0.3) is 5.57 Å². The minimum Gasteiger partial charge on any atom is -0.367 e. The van der Waals surface area contributed by atoms with E-state index in [0.29, 0.717) is 12.2 Å². The van der Waals surface area contributed by atoms with Crippen LogP contribution in [0, 0.1) is 5.82 Å². The fourth-order valence-electron chi connectivity index (χ4n) is 2.70. The van der Waals surface area contributed by atoms with Crippen LogP contribution in [0.5, 0.6) is 0 Å². The van der Waals surface area contributed by atoms with Crippen molar-refractivity contribution in [2.24, 2.45) is 0 Å². The van der Waals surface area contributed by atoms with E-state index in [1.165, 1.54) is 23.4 Å². The number of rotatable bonds is 3. The van der Waals surface area contributed by atoms with Crippen LogP contribution in [0.1, 0.15) is 28.6 Å². The molecule has 2 heterocycles. The number of anilines is 1. The van der Waals surface area contributed by atoms with Crippen LogP contribution in [0.3, 0.4) is 0 Å². The zero-order valence-corrected chi connectivity index (χ0v) is 12.6. The van der Waals surface area contributed by atoms with Gasteiger partial charge in [0.25, 0.3) is 0 Å². The fourth-order valence-corrected chi connectivity index (χ4v) is 3.50. The lowest BCUT2D eigenvalue weighted by molar-refractivity contribution is 0.101. The first kappa shape index (κ1) is 14.0. The third kappa shape index (κ3) is 2.76. The first-order chi connectivity index (χ1) is 10.2. The Morgan fingerprint density at radius 2 is 2.14 bits per heavy atom. The number of Topliss-reactive ketones (excluding diaryl/α,β-unsaturated/α-hetero) is 1. The second-order valence-corrected chi connectivity index (χ2v) is 6.04. The summed E-state index contributed by atoms with van der Waals surface area (Å²) in [5, 5.41) is 2.07.